The summed E-state index contributed by atoms with van der Waals surface area (Å²) in [5, 5.41) is 23.4. The number of aliphatic hydroxyl groups is 1. The van der Waals surface area contributed by atoms with Gasteiger partial charge in [-0.2, -0.15) is 0 Å². The summed E-state index contributed by atoms with van der Waals surface area (Å²) in [6.07, 6.45) is 0.251. The number of sulfone groups is 1. The van der Waals surface area contributed by atoms with Crippen molar-refractivity contribution in [3.05, 3.63) is 34.4 Å². The van der Waals surface area contributed by atoms with Gasteiger partial charge in [-0.25, -0.2) is 8.42 Å². The van der Waals surface area contributed by atoms with Crippen molar-refractivity contribution in [1.29, 1.82) is 0 Å². The van der Waals surface area contributed by atoms with Crippen molar-refractivity contribution < 1.29 is 18.4 Å². The average Bonchev–Trinajstić information content (AvgIpc) is 2.46. The first-order valence-electron chi connectivity index (χ1n) is 7.03. The number of aliphatic hydroxyl groups excluding tert-OH is 1. The summed E-state index contributed by atoms with van der Waals surface area (Å²) >= 11 is 0. The van der Waals surface area contributed by atoms with E-state index >= 15 is 0 Å². The Morgan fingerprint density at radius 3 is 2.41 bits per heavy atom. The second-order valence-electron chi connectivity index (χ2n) is 6.15. The summed E-state index contributed by atoms with van der Waals surface area (Å²) in [5.74, 6) is -0.0898. The monoisotopic (exact) mass is 328 g/mol. The first-order valence-corrected chi connectivity index (χ1v) is 8.68. The molecule has 2 rings (SSSR count). The van der Waals surface area contributed by atoms with Crippen LogP contribution in [0.25, 0.3) is 0 Å². The Morgan fingerprint density at radius 2 is 1.95 bits per heavy atom. The van der Waals surface area contributed by atoms with Gasteiger partial charge in [0.15, 0.2) is 9.84 Å². The van der Waals surface area contributed by atoms with Crippen molar-refractivity contribution >= 4 is 15.5 Å². The molecule has 0 unspecified atom stereocenters. The van der Waals surface area contributed by atoms with Crippen molar-refractivity contribution in [3.8, 4) is 0 Å². The summed E-state index contributed by atoms with van der Waals surface area (Å²) in [6.45, 7) is 4.15. The molecule has 0 aliphatic heterocycles. The van der Waals surface area contributed by atoms with Crippen molar-refractivity contribution in [2.45, 2.75) is 37.3 Å². The zero-order chi connectivity index (χ0) is 16.5. The fraction of sp³-hybridized carbons (Fsp3) is 0.571. The molecule has 1 fully saturated rings. The Hall–Kier alpha value is -1.51. The molecule has 0 bridgehead atoms. The zero-order valence-electron chi connectivity index (χ0n) is 12.5. The van der Waals surface area contributed by atoms with E-state index in [-0.39, 0.29) is 40.4 Å². The van der Waals surface area contributed by atoms with E-state index in [1.54, 1.807) is 0 Å². The van der Waals surface area contributed by atoms with Crippen LogP contribution in [0.5, 0.6) is 0 Å². The molecule has 1 saturated carbocycles. The van der Waals surface area contributed by atoms with E-state index in [1.165, 1.54) is 24.3 Å². The lowest BCUT2D eigenvalue weighted by Crippen LogP contribution is -2.60. The smallest absolute Gasteiger partial charge is 0.269 e. The first kappa shape index (κ1) is 16.9. The highest BCUT2D eigenvalue weighted by atomic mass is 32.2. The quantitative estimate of drug-likeness (QED) is 0.598. The van der Waals surface area contributed by atoms with Gasteiger partial charge < -0.3 is 10.4 Å². The minimum Gasteiger partial charge on any atom is -0.392 e. The average molecular weight is 328 g/mol. The molecule has 0 heterocycles. The number of hydrogen-bond donors (Lipinski definition) is 2. The van der Waals surface area contributed by atoms with Crippen LogP contribution in [-0.4, -0.2) is 42.9 Å². The third kappa shape index (κ3) is 3.29. The molecule has 2 N–H and O–H groups in total. The minimum atomic E-state index is -3.48. The van der Waals surface area contributed by atoms with E-state index in [4.69, 9.17) is 0 Å². The fourth-order valence-electron chi connectivity index (χ4n) is 2.51. The molecule has 2 atom stereocenters. The minimum absolute atomic E-state index is 0.0767. The number of nitrogens with zero attached hydrogens (tertiary/aromatic N) is 1. The molecule has 22 heavy (non-hydrogen) atoms. The second-order valence-corrected chi connectivity index (χ2v) is 8.26. The third-order valence-electron chi connectivity index (χ3n) is 4.38. The highest BCUT2D eigenvalue weighted by molar-refractivity contribution is 7.91. The van der Waals surface area contributed by atoms with E-state index < -0.39 is 14.8 Å². The zero-order valence-corrected chi connectivity index (χ0v) is 13.3. The first-order chi connectivity index (χ1) is 10.1. The van der Waals surface area contributed by atoms with E-state index in [1.807, 2.05) is 13.8 Å². The Bertz CT molecular complexity index is 654. The van der Waals surface area contributed by atoms with E-state index in [2.05, 4.69) is 5.32 Å². The molecule has 0 radical (unpaired) electrons. The molecule has 1 aliphatic carbocycles. The van der Waals surface area contributed by atoms with Crippen LogP contribution in [0.15, 0.2) is 29.2 Å². The molecule has 0 spiro atoms. The predicted molar refractivity (Wildman–Crippen MR) is 81.3 cm³/mol. The summed E-state index contributed by atoms with van der Waals surface area (Å²) < 4.78 is 24.3. The van der Waals surface area contributed by atoms with Gasteiger partial charge in [0.2, 0.25) is 0 Å². The van der Waals surface area contributed by atoms with E-state index in [9.17, 15) is 23.6 Å². The van der Waals surface area contributed by atoms with Crippen LogP contribution in [0.3, 0.4) is 0 Å². The number of nitrogens with one attached hydrogen (secondary N) is 1. The van der Waals surface area contributed by atoms with Gasteiger partial charge in [-0.1, -0.05) is 13.8 Å². The van der Waals surface area contributed by atoms with Gasteiger partial charge in [-0.15, -0.1) is 0 Å². The Kier molecular flexibility index (Phi) is 4.55. The molecular formula is C14H20N2O5S. The summed E-state index contributed by atoms with van der Waals surface area (Å²) in [5.41, 5.74) is -0.390. The van der Waals surface area contributed by atoms with Gasteiger partial charge in [-0.05, 0) is 18.6 Å². The molecule has 0 aromatic heterocycles. The van der Waals surface area contributed by atoms with Crippen LogP contribution >= 0.6 is 0 Å². The van der Waals surface area contributed by atoms with Gasteiger partial charge >= 0.3 is 0 Å². The predicted octanol–water partition coefficient (Wildman–Crippen LogP) is 1.12. The van der Waals surface area contributed by atoms with Crippen LogP contribution in [-0.2, 0) is 9.84 Å². The van der Waals surface area contributed by atoms with Crippen LogP contribution in [0, 0.1) is 15.5 Å². The Morgan fingerprint density at radius 1 is 1.36 bits per heavy atom. The van der Waals surface area contributed by atoms with Gasteiger partial charge in [0.05, 0.1) is 21.7 Å². The van der Waals surface area contributed by atoms with Crippen molar-refractivity contribution in [2.75, 3.05) is 12.3 Å². The summed E-state index contributed by atoms with van der Waals surface area (Å²) in [7, 11) is -3.48. The van der Waals surface area contributed by atoms with E-state index in [0.717, 1.165) is 0 Å². The molecular weight excluding hydrogens is 308 g/mol. The van der Waals surface area contributed by atoms with Crippen LogP contribution in [0.4, 0.5) is 5.69 Å². The molecule has 0 saturated heterocycles. The normalized spacial score (nSPS) is 23.8. The molecule has 122 valence electrons. The topological polar surface area (TPSA) is 110 Å². The third-order valence-corrected chi connectivity index (χ3v) is 6.12. The molecule has 0 amide bonds. The number of rotatable bonds is 6. The van der Waals surface area contributed by atoms with Crippen LogP contribution < -0.4 is 5.32 Å². The lowest BCUT2D eigenvalue weighted by molar-refractivity contribution is -0.384. The highest BCUT2D eigenvalue weighted by Crippen LogP contribution is 2.40. The maximum absolute atomic E-state index is 12.2. The molecule has 1 aromatic rings. The maximum Gasteiger partial charge on any atom is 0.269 e. The lowest BCUT2D eigenvalue weighted by Gasteiger charge is -2.49. The number of non-ortho nitro benzene ring substituents is 1. The van der Waals surface area contributed by atoms with Crippen LogP contribution in [0.1, 0.15) is 20.3 Å². The molecule has 1 aromatic carbocycles. The number of hydrogen-bond acceptors (Lipinski definition) is 6. The molecule has 1 aliphatic rings. The van der Waals surface area contributed by atoms with E-state index in [0.29, 0.717) is 6.42 Å². The second kappa shape index (κ2) is 5.94. The molecule has 7 nitrogen and oxygen atoms in total. The van der Waals surface area contributed by atoms with Gasteiger partial charge in [-0.3, -0.25) is 10.1 Å². The van der Waals surface area contributed by atoms with Crippen LogP contribution in [0.2, 0.25) is 0 Å². The standard InChI is InChI=1S/C14H20N2O5S/c1-14(2)12(9-13(14)17)15-7-8-22(20,21)11-5-3-10(4-6-11)16(18)19/h3-6,12-13,15,17H,7-9H2,1-2H3/t12-,13-/m1/s1. The van der Waals surface area contributed by atoms with Crippen molar-refractivity contribution in [2.24, 2.45) is 5.41 Å². The van der Waals surface area contributed by atoms with Gasteiger partial charge in [0, 0.05) is 30.1 Å². The summed E-state index contributed by atoms with van der Waals surface area (Å²) in [4.78, 5) is 10.1. The van der Waals surface area contributed by atoms with Gasteiger partial charge in [0.1, 0.15) is 0 Å². The van der Waals surface area contributed by atoms with Crippen molar-refractivity contribution in [3.63, 3.8) is 0 Å². The van der Waals surface area contributed by atoms with Crippen molar-refractivity contribution in [1.82, 2.24) is 5.32 Å². The largest absolute Gasteiger partial charge is 0.392 e. The maximum atomic E-state index is 12.2. The number of benzene rings is 1. The van der Waals surface area contributed by atoms with Gasteiger partial charge in [0.25, 0.3) is 5.69 Å². The number of nitro benzene ring substituents is 1. The Balaban J connectivity index is 1.93. The SMILES string of the molecule is CC1(C)[C@H](O)C[C@H]1NCCS(=O)(=O)c1ccc([N+](=O)[O-])cc1. The highest BCUT2D eigenvalue weighted by Gasteiger charge is 2.46. The number of nitro groups is 1. The summed E-state index contributed by atoms with van der Waals surface area (Å²) in [6, 6.07) is 4.97. The molecule has 8 heteroatoms. The fourth-order valence-corrected chi connectivity index (χ4v) is 3.68. The Labute approximate surface area is 129 Å². The lowest BCUT2D eigenvalue weighted by atomic mass is 9.64.